The summed E-state index contributed by atoms with van der Waals surface area (Å²) in [5.41, 5.74) is 1.97. The summed E-state index contributed by atoms with van der Waals surface area (Å²) in [5, 5.41) is 15.0. The van der Waals surface area contributed by atoms with E-state index < -0.39 is 0 Å². The van der Waals surface area contributed by atoms with Crippen molar-refractivity contribution in [2.75, 3.05) is 20.2 Å². The van der Waals surface area contributed by atoms with E-state index in [-0.39, 0.29) is 12.4 Å². The van der Waals surface area contributed by atoms with E-state index in [1.807, 2.05) is 36.4 Å². The molecule has 0 aromatic heterocycles. The van der Waals surface area contributed by atoms with E-state index in [2.05, 4.69) is 15.6 Å². The monoisotopic (exact) mass is 340 g/mol. The predicted octanol–water partition coefficient (Wildman–Crippen LogP) is 2.58. The van der Waals surface area contributed by atoms with Gasteiger partial charge in [0.25, 0.3) is 0 Å². The second-order valence-corrected chi connectivity index (χ2v) is 5.31. The minimum atomic E-state index is -0.354. The van der Waals surface area contributed by atoms with Crippen molar-refractivity contribution in [3.8, 4) is 6.07 Å². The lowest BCUT2D eigenvalue weighted by atomic mass is 10.1. The van der Waals surface area contributed by atoms with Crippen LogP contribution < -0.4 is 10.6 Å². The first kappa shape index (κ1) is 18.4. The normalized spacial score (nSPS) is 11.0. The van der Waals surface area contributed by atoms with Crippen molar-refractivity contribution in [3.05, 3.63) is 71.0 Å². The molecule has 0 unspecified atom stereocenters. The molecule has 6 heteroatoms. The number of rotatable bonds is 7. The molecule has 2 N–H and O–H groups in total. The third kappa shape index (κ3) is 6.24. The maximum atomic E-state index is 13.7. The average molecular weight is 340 g/mol. The molecule has 0 heterocycles. The van der Waals surface area contributed by atoms with Crippen LogP contribution in [0.2, 0.25) is 0 Å². The van der Waals surface area contributed by atoms with Crippen molar-refractivity contribution < 1.29 is 9.13 Å². The number of nitriles is 1. The number of halogens is 1. The Morgan fingerprint density at radius 1 is 1.20 bits per heavy atom. The first-order valence-electron chi connectivity index (χ1n) is 7.97. The molecule has 0 amide bonds. The van der Waals surface area contributed by atoms with Gasteiger partial charge < -0.3 is 15.4 Å². The summed E-state index contributed by atoms with van der Waals surface area (Å²) in [4.78, 5) is 4.08. The Morgan fingerprint density at radius 3 is 2.72 bits per heavy atom. The van der Waals surface area contributed by atoms with E-state index >= 15 is 0 Å². The zero-order valence-corrected chi connectivity index (χ0v) is 14.1. The van der Waals surface area contributed by atoms with Crippen molar-refractivity contribution in [1.29, 1.82) is 5.26 Å². The fraction of sp³-hybridized carbons (Fsp3) is 0.263. The minimum absolute atomic E-state index is 0.242. The van der Waals surface area contributed by atoms with Crippen molar-refractivity contribution >= 4 is 5.96 Å². The number of guanidine groups is 1. The standard InChI is InChI=1S/C19H21FN4O/c1-22-19(23-9-10-25-14-15-5-3-2-4-6-15)24-13-17-11-16(12-21)7-8-18(17)20/h2-8,11H,9-10,13-14H2,1H3,(H2,22,23,24). The van der Waals surface area contributed by atoms with Crippen LogP contribution in [0.1, 0.15) is 16.7 Å². The molecule has 0 saturated carbocycles. The summed E-state index contributed by atoms with van der Waals surface area (Å²) in [6, 6.07) is 16.2. The lowest BCUT2D eigenvalue weighted by molar-refractivity contribution is 0.125. The van der Waals surface area contributed by atoms with Crippen LogP contribution in [0, 0.1) is 17.1 Å². The van der Waals surface area contributed by atoms with E-state index in [1.54, 1.807) is 7.05 Å². The molecule has 0 fully saturated rings. The lowest BCUT2D eigenvalue weighted by Gasteiger charge is -2.12. The highest BCUT2D eigenvalue weighted by molar-refractivity contribution is 5.79. The molecule has 0 aliphatic carbocycles. The summed E-state index contributed by atoms with van der Waals surface area (Å²) < 4.78 is 19.3. The van der Waals surface area contributed by atoms with Crippen LogP contribution >= 0.6 is 0 Å². The smallest absolute Gasteiger partial charge is 0.191 e. The fourth-order valence-corrected chi connectivity index (χ4v) is 2.19. The Hall–Kier alpha value is -2.91. The third-order valence-corrected chi connectivity index (χ3v) is 3.50. The molecule has 0 radical (unpaired) electrons. The van der Waals surface area contributed by atoms with Gasteiger partial charge in [-0.25, -0.2) is 4.39 Å². The van der Waals surface area contributed by atoms with Crippen LogP contribution in [-0.4, -0.2) is 26.2 Å². The van der Waals surface area contributed by atoms with Crippen LogP contribution in [0.3, 0.4) is 0 Å². The summed E-state index contributed by atoms with van der Waals surface area (Å²) in [6.07, 6.45) is 0. The summed E-state index contributed by atoms with van der Waals surface area (Å²) >= 11 is 0. The van der Waals surface area contributed by atoms with E-state index in [9.17, 15) is 4.39 Å². The highest BCUT2D eigenvalue weighted by Crippen LogP contribution is 2.09. The molecule has 130 valence electrons. The number of hydrogen-bond donors (Lipinski definition) is 2. The highest BCUT2D eigenvalue weighted by Gasteiger charge is 2.05. The Morgan fingerprint density at radius 2 is 2.00 bits per heavy atom. The van der Waals surface area contributed by atoms with Gasteiger partial charge in [-0.1, -0.05) is 30.3 Å². The Labute approximate surface area is 147 Å². The van der Waals surface area contributed by atoms with Gasteiger partial charge in [-0.15, -0.1) is 0 Å². The molecule has 0 bridgehead atoms. The lowest BCUT2D eigenvalue weighted by Crippen LogP contribution is -2.38. The molecular formula is C19H21FN4O. The largest absolute Gasteiger partial charge is 0.375 e. The Kier molecular flexibility index (Phi) is 7.41. The maximum absolute atomic E-state index is 13.7. The quantitative estimate of drug-likeness (QED) is 0.462. The predicted molar refractivity (Wildman–Crippen MR) is 95.4 cm³/mol. The van der Waals surface area contributed by atoms with Gasteiger partial charge in [0.15, 0.2) is 5.96 Å². The van der Waals surface area contributed by atoms with Crippen LogP contribution in [0.5, 0.6) is 0 Å². The first-order chi connectivity index (χ1) is 12.2. The van der Waals surface area contributed by atoms with Gasteiger partial charge in [0.2, 0.25) is 0 Å². The van der Waals surface area contributed by atoms with Gasteiger partial charge in [-0.3, -0.25) is 4.99 Å². The molecule has 2 rings (SSSR count). The van der Waals surface area contributed by atoms with Gasteiger partial charge in [0.05, 0.1) is 24.8 Å². The second kappa shape index (κ2) is 10.1. The van der Waals surface area contributed by atoms with Crippen LogP contribution in [0.4, 0.5) is 4.39 Å². The third-order valence-electron chi connectivity index (χ3n) is 3.50. The van der Waals surface area contributed by atoms with Gasteiger partial charge in [-0.2, -0.15) is 5.26 Å². The minimum Gasteiger partial charge on any atom is -0.375 e. The molecule has 0 spiro atoms. The zero-order valence-electron chi connectivity index (χ0n) is 14.1. The molecule has 0 aliphatic rings. The number of benzene rings is 2. The Bertz CT molecular complexity index is 741. The summed E-state index contributed by atoms with van der Waals surface area (Å²) in [7, 11) is 1.64. The molecule has 0 saturated heterocycles. The second-order valence-electron chi connectivity index (χ2n) is 5.31. The zero-order chi connectivity index (χ0) is 17.9. The van der Waals surface area contributed by atoms with Crippen molar-refractivity contribution in [3.63, 3.8) is 0 Å². The molecule has 25 heavy (non-hydrogen) atoms. The SMILES string of the molecule is CN=C(NCCOCc1ccccc1)NCc1cc(C#N)ccc1F. The summed E-state index contributed by atoms with van der Waals surface area (Å²) in [5.74, 6) is 0.193. The van der Waals surface area contributed by atoms with E-state index in [4.69, 9.17) is 10.00 Å². The van der Waals surface area contributed by atoms with Crippen LogP contribution in [0.25, 0.3) is 0 Å². The molecular weight excluding hydrogens is 319 g/mol. The van der Waals surface area contributed by atoms with Crippen molar-refractivity contribution in [2.24, 2.45) is 4.99 Å². The van der Waals surface area contributed by atoms with Gasteiger partial charge in [0.1, 0.15) is 5.82 Å². The number of nitrogens with one attached hydrogen (secondary N) is 2. The molecule has 2 aromatic carbocycles. The molecule has 0 aliphatic heterocycles. The van der Waals surface area contributed by atoms with Gasteiger partial charge >= 0.3 is 0 Å². The number of aliphatic imine (C=N–C) groups is 1. The van der Waals surface area contributed by atoms with Gasteiger partial charge in [0, 0.05) is 25.7 Å². The number of hydrogen-bond acceptors (Lipinski definition) is 3. The summed E-state index contributed by atoms with van der Waals surface area (Å²) in [6.45, 7) is 1.90. The molecule has 5 nitrogen and oxygen atoms in total. The average Bonchev–Trinajstić information content (AvgIpc) is 2.66. The van der Waals surface area contributed by atoms with Crippen molar-refractivity contribution in [2.45, 2.75) is 13.2 Å². The topological polar surface area (TPSA) is 69.4 Å². The van der Waals surface area contributed by atoms with E-state index in [0.29, 0.717) is 36.8 Å². The van der Waals surface area contributed by atoms with E-state index in [0.717, 1.165) is 5.56 Å². The Balaban J connectivity index is 1.71. The number of nitrogens with zero attached hydrogens (tertiary/aromatic N) is 2. The first-order valence-corrected chi connectivity index (χ1v) is 7.97. The molecule has 0 atom stereocenters. The fourth-order valence-electron chi connectivity index (χ4n) is 2.19. The molecule has 2 aromatic rings. The van der Waals surface area contributed by atoms with Gasteiger partial charge in [-0.05, 0) is 23.8 Å². The van der Waals surface area contributed by atoms with E-state index in [1.165, 1.54) is 18.2 Å². The highest BCUT2D eigenvalue weighted by atomic mass is 19.1. The number of ether oxygens (including phenoxy) is 1. The van der Waals surface area contributed by atoms with Crippen molar-refractivity contribution in [1.82, 2.24) is 10.6 Å². The maximum Gasteiger partial charge on any atom is 0.191 e. The van der Waals surface area contributed by atoms with Crippen LogP contribution in [0.15, 0.2) is 53.5 Å². The van der Waals surface area contributed by atoms with Crippen LogP contribution in [-0.2, 0) is 17.9 Å².